The van der Waals surface area contributed by atoms with Crippen LogP contribution in [-0.2, 0) is 10.8 Å². The van der Waals surface area contributed by atoms with Crippen molar-refractivity contribution in [1.29, 1.82) is 0 Å². The normalized spacial score (nSPS) is 11.3. The van der Waals surface area contributed by atoms with Gasteiger partial charge in [-0.25, -0.2) is 24.9 Å². The number of hydrogen-bond donors (Lipinski definition) is 0. The molecule has 10 aromatic carbocycles. The predicted octanol–water partition coefficient (Wildman–Crippen LogP) is 21.7. The van der Waals surface area contributed by atoms with Gasteiger partial charge >= 0.3 is 0 Å². The minimum atomic E-state index is 0.0649. The van der Waals surface area contributed by atoms with E-state index in [1.807, 2.05) is 62.6 Å². The average Bonchev–Trinajstić information content (AvgIpc) is 1.01. The van der Waals surface area contributed by atoms with Gasteiger partial charge in [-0.05, 0) is 85.3 Å². The summed E-state index contributed by atoms with van der Waals surface area (Å²) in [7, 11) is 0. The number of aromatic nitrogens is 7. The molecular formula is C83H71N7. The van der Waals surface area contributed by atoms with Crippen molar-refractivity contribution in [2.45, 2.75) is 66.2 Å². The lowest BCUT2D eigenvalue weighted by atomic mass is 9.86. The maximum Gasteiger partial charge on any atom is 0.164 e. The molecule has 0 saturated heterocycles. The van der Waals surface area contributed by atoms with Gasteiger partial charge in [-0.2, -0.15) is 0 Å². The van der Waals surface area contributed by atoms with Crippen molar-refractivity contribution >= 4 is 21.5 Å². The Morgan fingerprint density at radius 1 is 0.233 bits per heavy atom. The molecule has 0 amide bonds. The van der Waals surface area contributed by atoms with Gasteiger partial charge < -0.3 is 0 Å². The van der Waals surface area contributed by atoms with Crippen molar-refractivity contribution in [3.63, 3.8) is 0 Å². The second-order valence-corrected chi connectivity index (χ2v) is 24.2. The molecule has 0 radical (unpaired) electrons. The molecule has 0 aliphatic carbocycles. The van der Waals surface area contributed by atoms with Crippen LogP contribution >= 0.6 is 0 Å². The molecule has 0 unspecified atom stereocenters. The van der Waals surface area contributed by atoms with E-state index in [9.17, 15) is 0 Å². The monoisotopic (exact) mass is 1170 g/mol. The Morgan fingerprint density at radius 3 is 0.900 bits per heavy atom. The molecule has 14 aromatic rings. The number of nitrogens with zero attached hydrogens (tertiary/aromatic N) is 7. The molecule has 438 valence electrons. The van der Waals surface area contributed by atoms with Crippen LogP contribution in [0, 0.1) is 0 Å². The highest BCUT2D eigenvalue weighted by Crippen LogP contribution is 2.36. The van der Waals surface area contributed by atoms with Gasteiger partial charge in [0.25, 0.3) is 0 Å². The Kier molecular flexibility index (Phi) is 17.3. The molecule has 0 atom stereocenters. The van der Waals surface area contributed by atoms with Crippen LogP contribution in [0.3, 0.4) is 0 Å². The smallest absolute Gasteiger partial charge is 0.164 e. The van der Waals surface area contributed by atoms with Crippen molar-refractivity contribution in [3.05, 3.63) is 297 Å². The van der Waals surface area contributed by atoms with Crippen LogP contribution in [0.25, 0.3) is 134 Å². The van der Waals surface area contributed by atoms with Crippen molar-refractivity contribution < 1.29 is 0 Å². The van der Waals surface area contributed by atoms with Gasteiger partial charge in [0.15, 0.2) is 23.3 Å². The van der Waals surface area contributed by atoms with E-state index in [1.165, 1.54) is 21.9 Å². The van der Waals surface area contributed by atoms with E-state index in [-0.39, 0.29) is 10.8 Å². The van der Waals surface area contributed by atoms with E-state index < -0.39 is 0 Å². The van der Waals surface area contributed by atoms with Gasteiger partial charge in [0.2, 0.25) is 0 Å². The molecule has 0 spiro atoms. The quantitative estimate of drug-likeness (QED) is 0.135. The average molecular weight is 1170 g/mol. The third kappa shape index (κ3) is 13.3. The van der Waals surface area contributed by atoms with Crippen LogP contribution in [0.1, 0.15) is 66.5 Å². The third-order valence-corrected chi connectivity index (χ3v) is 16.1. The molecule has 0 bridgehead atoms. The molecule has 0 aliphatic heterocycles. The van der Waals surface area contributed by atoms with E-state index in [2.05, 4.69) is 278 Å². The molecule has 4 heterocycles. The molecular weight excluding hydrogens is 1090 g/mol. The maximum absolute atomic E-state index is 5.00. The molecule has 0 saturated carbocycles. The van der Waals surface area contributed by atoms with Gasteiger partial charge in [0.05, 0.1) is 22.8 Å². The topological polar surface area (TPSA) is 90.2 Å². The van der Waals surface area contributed by atoms with Crippen LogP contribution in [0.15, 0.2) is 285 Å². The van der Waals surface area contributed by atoms with Crippen LogP contribution in [0.5, 0.6) is 0 Å². The Balaban J connectivity index is 0.000000172. The van der Waals surface area contributed by atoms with Crippen LogP contribution in [-0.4, -0.2) is 34.9 Å². The summed E-state index contributed by atoms with van der Waals surface area (Å²) in [6, 6.07) is 94.8. The lowest BCUT2D eigenvalue weighted by Gasteiger charge is -2.19. The Morgan fingerprint density at radius 2 is 0.533 bits per heavy atom. The zero-order valence-corrected chi connectivity index (χ0v) is 52.3. The van der Waals surface area contributed by atoms with Crippen molar-refractivity contribution in [3.8, 4) is 113 Å². The Hall–Kier alpha value is -10.9. The molecule has 90 heavy (non-hydrogen) atoms. The van der Waals surface area contributed by atoms with E-state index in [0.717, 1.165) is 100 Å². The van der Waals surface area contributed by atoms with E-state index in [1.54, 1.807) is 0 Å². The first-order valence-corrected chi connectivity index (χ1v) is 30.9. The summed E-state index contributed by atoms with van der Waals surface area (Å²) in [4.78, 5) is 34.4. The minimum absolute atomic E-state index is 0.0649. The molecule has 0 fully saturated rings. The van der Waals surface area contributed by atoms with E-state index in [0.29, 0.717) is 23.3 Å². The standard InChI is InChI=1S/C44H40N4.C37H25N3.C2H6/c1-43(2,3)36-22-18-32(19-23-36)41-46-40(47-42(48-41)33-20-24-37(25-21-33)44(4,5)6)31-16-14-29(15-17-31)34-11-9-12-35(28-34)39-38-13-8-7-10-30(38)26-27-45-39;1-3-11-28(12-4-1)34-25-35(29-13-5-2-6-14-29)40-37(39-34)30-20-18-26(19-21-30)31-15-9-16-32(24-31)36-33-17-8-7-10-27(33)22-23-38-36;1-2/h7-28H,1-6H3;1-25H;1-2H3. The fourth-order valence-corrected chi connectivity index (χ4v) is 11.1. The lowest BCUT2D eigenvalue weighted by molar-refractivity contribution is 0.590. The lowest BCUT2D eigenvalue weighted by Crippen LogP contribution is -2.10. The number of fused-ring (bicyclic) bond motifs is 2. The predicted molar refractivity (Wildman–Crippen MR) is 376 cm³/mol. The summed E-state index contributed by atoms with van der Waals surface area (Å²) in [6.45, 7) is 17.4. The van der Waals surface area contributed by atoms with Crippen LogP contribution in [0.4, 0.5) is 0 Å². The summed E-state index contributed by atoms with van der Waals surface area (Å²) >= 11 is 0. The fraction of sp³-hybridized carbons (Fsp3) is 0.120. The molecule has 0 N–H and O–H groups in total. The summed E-state index contributed by atoms with van der Waals surface area (Å²) in [6.07, 6.45) is 3.76. The van der Waals surface area contributed by atoms with Crippen molar-refractivity contribution in [2.75, 3.05) is 0 Å². The molecule has 7 nitrogen and oxygen atoms in total. The SMILES string of the molecule is CC.CC(C)(C)c1ccc(-c2nc(-c3ccc(-c4cccc(-c5nccc6ccccc56)c4)cc3)nc(-c3ccc(C(C)(C)C)cc3)n2)cc1.c1ccc(-c2cc(-c3ccccc3)nc(-c3ccc(-c4cccc(-c5nccc6ccccc56)c4)cc3)n2)cc1. The highest BCUT2D eigenvalue weighted by Gasteiger charge is 2.19. The summed E-state index contributed by atoms with van der Waals surface area (Å²) in [5, 5.41) is 4.68. The minimum Gasteiger partial charge on any atom is -0.256 e. The number of benzene rings is 10. The first-order valence-electron chi connectivity index (χ1n) is 30.9. The fourth-order valence-electron chi connectivity index (χ4n) is 11.1. The zero-order valence-electron chi connectivity index (χ0n) is 52.3. The van der Waals surface area contributed by atoms with Gasteiger partial charge in [0, 0.05) is 67.7 Å². The third-order valence-electron chi connectivity index (χ3n) is 16.1. The highest BCUT2D eigenvalue weighted by atomic mass is 15.0. The summed E-state index contributed by atoms with van der Waals surface area (Å²) < 4.78 is 0. The number of pyridine rings is 2. The second kappa shape index (κ2) is 26.2. The Bertz CT molecular complexity index is 4620. The van der Waals surface area contributed by atoms with E-state index >= 15 is 0 Å². The van der Waals surface area contributed by atoms with Gasteiger partial charge in [-0.3, -0.25) is 9.97 Å². The van der Waals surface area contributed by atoms with Crippen LogP contribution < -0.4 is 0 Å². The first kappa shape index (κ1) is 59.4. The first-order chi connectivity index (χ1) is 43.8. The van der Waals surface area contributed by atoms with E-state index in [4.69, 9.17) is 34.9 Å². The molecule has 4 aromatic heterocycles. The van der Waals surface area contributed by atoms with Crippen molar-refractivity contribution in [2.24, 2.45) is 0 Å². The van der Waals surface area contributed by atoms with Gasteiger partial charge in [0.1, 0.15) is 0 Å². The van der Waals surface area contributed by atoms with Gasteiger partial charge in [-0.1, -0.05) is 298 Å². The summed E-state index contributed by atoms with van der Waals surface area (Å²) in [5.41, 5.74) is 19.2. The highest BCUT2D eigenvalue weighted by molar-refractivity contribution is 5.96. The van der Waals surface area contributed by atoms with Crippen molar-refractivity contribution in [1.82, 2.24) is 34.9 Å². The summed E-state index contributed by atoms with van der Waals surface area (Å²) in [5.74, 6) is 2.68. The molecule has 7 heteroatoms. The molecule has 0 aliphatic rings. The maximum atomic E-state index is 5.00. The second-order valence-electron chi connectivity index (χ2n) is 24.2. The Labute approximate surface area is 529 Å². The largest absolute Gasteiger partial charge is 0.256 e. The molecule has 14 rings (SSSR count). The zero-order chi connectivity index (χ0) is 62.2. The number of hydrogen-bond acceptors (Lipinski definition) is 7. The van der Waals surface area contributed by atoms with Crippen LogP contribution in [0.2, 0.25) is 0 Å². The number of rotatable bonds is 10. The van der Waals surface area contributed by atoms with Gasteiger partial charge in [-0.15, -0.1) is 0 Å².